The molecular weight excluding hydrogens is 222 g/mol. The van der Waals surface area contributed by atoms with Crippen LogP contribution in [0.4, 0.5) is 0 Å². The van der Waals surface area contributed by atoms with Crippen molar-refractivity contribution in [3.63, 3.8) is 0 Å². The first-order chi connectivity index (χ1) is 7.54. The lowest BCUT2D eigenvalue weighted by Gasteiger charge is -2.16. The minimum atomic E-state index is 0.500. The lowest BCUT2D eigenvalue weighted by atomic mass is 10.1. The van der Waals surface area contributed by atoms with Gasteiger partial charge >= 0.3 is 0 Å². The van der Waals surface area contributed by atoms with Crippen LogP contribution in [0.15, 0.2) is 12.1 Å². The lowest BCUT2D eigenvalue weighted by Crippen LogP contribution is -2.22. The average Bonchev–Trinajstić information content (AvgIpc) is 2.16. The second kappa shape index (κ2) is 6.12. The molecule has 16 heavy (non-hydrogen) atoms. The first-order valence-corrected chi connectivity index (χ1v) is 5.96. The Morgan fingerprint density at radius 2 is 1.88 bits per heavy atom. The fourth-order valence-corrected chi connectivity index (χ4v) is 2.09. The molecule has 0 heterocycles. The highest BCUT2D eigenvalue weighted by atomic mass is 35.5. The zero-order valence-corrected chi connectivity index (χ0v) is 11.2. The normalized spacial score (nSPS) is 12.6. The summed E-state index contributed by atoms with van der Waals surface area (Å²) in [5.41, 5.74) is 2.20. The Bertz CT molecular complexity index is 329. The molecule has 0 aliphatic rings. The maximum absolute atomic E-state index is 5.97. The van der Waals surface area contributed by atoms with Crippen LogP contribution in [0.5, 0.6) is 5.75 Å². The minimum absolute atomic E-state index is 0.500. The Labute approximate surface area is 103 Å². The van der Waals surface area contributed by atoms with Crippen LogP contribution in [-0.4, -0.2) is 20.2 Å². The van der Waals surface area contributed by atoms with Crippen molar-refractivity contribution in [3.8, 4) is 5.75 Å². The van der Waals surface area contributed by atoms with Gasteiger partial charge in [-0.15, -0.1) is 0 Å². The van der Waals surface area contributed by atoms with E-state index in [0.717, 1.165) is 35.1 Å². The standard InChI is InChI=1S/C13H20ClNO/c1-9(7-15-4)8-16-13-10(2)5-12(14)6-11(13)3/h5-6,9,15H,7-8H2,1-4H3. The molecule has 0 amide bonds. The van der Waals surface area contributed by atoms with Gasteiger partial charge in [0.1, 0.15) is 5.75 Å². The van der Waals surface area contributed by atoms with Gasteiger partial charge in [-0.3, -0.25) is 0 Å². The monoisotopic (exact) mass is 241 g/mol. The topological polar surface area (TPSA) is 21.3 Å². The quantitative estimate of drug-likeness (QED) is 0.855. The van der Waals surface area contributed by atoms with Crippen molar-refractivity contribution in [3.05, 3.63) is 28.3 Å². The zero-order valence-electron chi connectivity index (χ0n) is 10.4. The number of aryl methyl sites for hydroxylation is 2. The molecule has 90 valence electrons. The molecule has 0 aliphatic carbocycles. The van der Waals surface area contributed by atoms with Crippen LogP contribution >= 0.6 is 11.6 Å². The van der Waals surface area contributed by atoms with Crippen LogP contribution < -0.4 is 10.1 Å². The predicted molar refractivity (Wildman–Crippen MR) is 69.5 cm³/mol. The number of ether oxygens (including phenoxy) is 1. The number of benzene rings is 1. The van der Waals surface area contributed by atoms with Crippen molar-refractivity contribution < 1.29 is 4.74 Å². The molecule has 0 bridgehead atoms. The van der Waals surface area contributed by atoms with E-state index in [9.17, 15) is 0 Å². The third kappa shape index (κ3) is 3.69. The van der Waals surface area contributed by atoms with Crippen LogP contribution in [0.1, 0.15) is 18.1 Å². The molecule has 0 saturated heterocycles. The lowest BCUT2D eigenvalue weighted by molar-refractivity contribution is 0.255. The molecule has 1 aromatic rings. The molecule has 1 unspecified atom stereocenters. The Morgan fingerprint density at radius 1 is 1.31 bits per heavy atom. The van der Waals surface area contributed by atoms with Gasteiger partial charge in [-0.1, -0.05) is 18.5 Å². The molecule has 0 aromatic heterocycles. The third-order valence-corrected chi connectivity index (χ3v) is 2.71. The van der Waals surface area contributed by atoms with Gasteiger partial charge in [0.15, 0.2) is 0 Å². The Morgan fingerprint density at radius 3 is 2.38 bits per heavy atom. The van der Waals surface area contributed by atoms with E-state index >= 15 is 0 Å². The van der Waals surface area contributed by atoms with Crippen molar-refractivity contribution in [2.45, 2.75) is 20.8 Å². The van der Waals surface area contributed by atoms with Crippen LogP contribution in [-0.2, 0) is 0 Å². The average molecular weight is 242 g/mol. The van der Waals surface area contributed by atoms with E-state index < -0.39 is 0 Å². The summed E-state index contributed by atoms with van der Waals surface area (Å²) in [6, 6.07) is 3.87. The van der Waals surface area contributed by atoms with Gasteiger partial charge in [0, 0.05) is 17.5 Å². The largest absolute Gasteiger partial charge is 0.493 e. The van der Waals surface area contributed by atoms with Crippen LogP contribution in [0.3, 0.4) is 0 Å². The smallest absolute Gasteiger partial charge is 0.125 e. The number of hydrogen-bond acceptors (Lipinski definition) is 2. The minimum Gasteiger partial charge on any atom is -0.493 e. The van der Waals surface area contributed by atoms with Gasteiger partial charge in [0.25, 0.3) is 0 Å². The summed E-state index contributed by atoms with van der Waals surface area (Å²) in [7, 11) is 1.95. The first kappa shape index (κ1) is 13.3. The maximum atomic E-state index is 5.97. The fourth-order valence-electron chi connectivity index (χ4n) is 1.76. The van der Waals surface area contributed by atoms with E-state index in [0.29, 0.717) is 5.92 Å². The van der Waals surface area contributed by atoms with Gasteiger partial charge in [0.2, 0.25) is 0 Å². The molecule has 0 aliphatic heterocycles. The summed E-state index contributed by atoms with van der Waals surface area (Å²) in [4.78, 5) is 0. The molecule has 0 radical (unpaired) electrons. The summed E-state index contributed by atoms with van der Waals surface area (Å²) in [6.07, 6.45) is 0. The van der Waals surface area contributed by atoms with E-state index in [1.807, 2.05) is 33.0 Å². The molecule has 1 aromatic carbocycles. The van der Waals surface area contributed by atoms with Gasteiger partial charge in [0.05, 0.1) is 6.61 Å². The van der Waals surface area contributed by atoms with E-state index in [1.165, 1.54) is 0 Å². The van der Waals surface area contributed by atoms with Crippen molar-refractivity contribution in [2.75, 3.05) is 20.2 Å². The molecule has 1 atom stereocenters. The van der Waals surface area contributed by atoms with Gasteiger partial charge in [-0.05, 0) is 44.2 Å². The Hall–Kier alpha value is -0.730. The van der Waals surface area contributed by atoms with Crippen LogP contribution in [0, 0.1) is 19.8 Å². The van der Waals surface area contributed by atoms with Crippen LogP contribution in [0.2, 0.25) is 5.02 Å². The summed E-state index contributed by atoms with van der Waals surface area (Å²) in [5, 5.41) is 3.91. The second-order valence-electron chi connectivity index (χ2n) is 4.34. The summed E-state index contributed by atoms with van der Waals surface area (Å²) >= 11 is 5.97. The van der Waals surface area contributed by atoms with Crippen molar-refractivity contribution in [2.24, 2.45) is 5.92 Å². The number of hydrogen-bond donors (Lipinski definition) is 1. The number of nitrogens with one attached hydrogen (secondary N) is 1. The van der Waals surface area contributed by atoms with Crippen LogP contribution in [0.25, 0.3) is 0 Å². The van der Waals surface area contributed by atoms with Gasteiger partial charge in [-0.25, -0.2) is 0 Å². The zero-order chi connectivity index (χ0) is 12.1. The van der Waals surface area contributed by atoms with E-state index in [1.54, 1.807) is 0 Å². The Kier molecular flexibility index (Phi) is 5.10. The number of rotatable bonds is 5. The van der Waals surface area contributed by atoms with E-state index in [4.69, 9.17) is 16.3 Å². The molecule has 2 nitrogen and oxygen atoms in total. The highest BCUT2D eigenvalue weighted by Gasteiger charge is 2.08. The van der Waals surface area contributed by atoms with Crippen molar-refractivity contribution in [1.29, 1.82) is 0 Å². The molecule has 1 N–H and O–H groups in total. The second-order valence-corrected chi connectivity index (χ2v) is 4.78. The summed E-state index contributed by atoms with van der Waals surface area (Å²) in [6.45, 7) is 7.90. The van der Waals surface area contributed by atoms with E-state index in [2.05, 4.69) is 12.2 Å². The first-order valence-electron chi connectivity index (χ1n) is 5.58. The highest BCUT2D eigenvalue weighted by Crippen LogP contribution is 2.27. The summed E-state index contributed by atoms with van der Waals surface area (Å²) < 4.78 is 5.84. The highest BCUT2D eigenvalue weighted by molar-refractivity contribution is 6.30. The van der Waals surface area contributed by atoms with Crippen molar-refractivity contribution in [1.82, 2.24) is 5.32 Å². The summed E-state index contributed by atoms with van der Waals surface area (Å²) in [5.74, 6) is 1.46. The molecule has 0 saturated carbocycles. The molecule has 1 rings (SSSR count). The molecular formula is C13H20ClNO. The SMILES string of the molecule is CNCC(C)COc1c(C)cc(Cl)cc1C. The number of halogens is 1. The maximum Gasteiger partial charge on any atom is 0.125 e. The Balaban J connectivity index is 2.67. The van der Waals surface area contributed by atoms with Gasteiger partial charge in [-0.2, -0.15) is 0 Å². The molecule has 3 heteroatoms. The third-order valence-electron chi connectivity index (χ3n) is 2.49. The molecule has 0 spiro atoms. The van der Waals surface area contributed by atoms with Gasteiger partial charge < -0.3 is 10.1 Å². The predicted octanol–water partition coefficient (Wildman–Crippen LogP) is 3.19. The van der Waals surface area contributed by atoms with E-state index in [-0.39, 0.29) is 0 Å². The van der Waals surface area contributed by atoms with Crippen molar-refractivity contribution >= 4 is 11.6 Å². The molecule has 0 fully saturated rings. The fraction of sp³-hybridized carbons (Fsp3) is 0.538.